The van der Waals surface area contributed by atoms with Crippen molar-refractivity contribution in [2.45, 2.75) is 13.8 Å². The summed E-state index contributed by atoms with van der Waals surface area (Å²) in [6.07, 6.45) is 0. The van der Waals surface area contributed by atoms with Crippen LogP contribution in [-0.4, -0.2) is 46.8 Å². The van der Waals surface area contributed by atoms with Gasteiger partial charge >= 0.3 is 11.9 Å². The summed E-state index contributed by atoms with van der Waals surface area (Å²) in [4.78, 5) is 40.9. The Balaban J connectivity index is 0. The van der Waals surface area contributed by atoms with Crippen molar-refractivity contribution in [3.05, 3.63) is 0 Å². The minimum absolute atomic E-state index is 0.201. The lowest BCUT2D eigenvalue weighted by Crippen LogP contribution is -2.26. The van der Waals surface area contributed by atoms with E-state index in [4.69, 9.17) is 21.7 Å². The van der Waals surface area contributed by atoms with E-state index in [1.807, 2.05) is 0 Å². The zero-order chi connectivity index (χ0) is 14.9. The van der Waals surface area contributed by atoms with E-state index >= 15 is 0 Å². The van der Waals surface area contributed by atoms with Crippen LogP contribution in [0, 0.1) is 11.8 Å². The van der Waals surface area contributed by atoms with Crippen molar-refractivity contribution in [2.24, 2.45) is 23.3 Å². The predicted octanol–water partition coefficient (Wildman–Crippen LogP) is -1.53. The van der Waals surface area contributed by atoms with Gasteiger partial charge in [-0.3, -0.25) is 19.2 Å². The zero-order valence-corrected chi connectivity index (χ0v) is 10.3. The maximum atomic E-state index is 10.4. The molecule has 0 aliphatic carbocycles. The Kier molecular flexibility index (Phi) is 9.54. The van der Waals surface area contributed by atoms with Crippen molar-refractivity contribution in [3.8, 4) is 0 Å². The third kappa shape index (κ3) is 7.47. The lowest BCUT2D eigenvalue weighted by atomic mass is 10.1. The minimum atomic E-state index is -1.12. The Bertz CT molecular complexity index is 296. The van der Waals surface area contributed by atoms with Crippen LogP contribution in [0.15, 0.2) is 0 Å². The second-order valence-electron chi connectivity index (χ2n) is 3.46. The second-order valence-corrected chi connectivity index (χ2v) is 3.46. The Morgan fingerprint density at radius 2 is 1.06 bits per heavy atom. The van der Waals surface area contributed by atoms with E-state index in [9.17, 15) is 19.2 Å². The van der Waals surface area contributed by atoms with E-state index in [-0.39, 0.29) is 13.1 Å². The van der Waals surface area contributed by atoms with Gasteiger partial charge in [-0.15, -0.1) is 0 Å². The number of carboxylic acids is 2. The van der Waals surface area contributed by atoms with E-state index < -0.39 is 35.3 Å². The molecule has 0 bridgehead atoms. The molecule has 0 aliphatic heterocycles. The number of carbonyl (C=O) groups excluding carboxylic acids is 2. The molecule has 0 radical (unpaired) electrons. The van der Waals surface area contributed by atoms with E-state index in [0.717, 1.165) is 0 Å². The summed E-state index contributed by atoms with van der Waals surface area (Å²) in [5.41, 5.74) is 9.80. The molecule has 0 aromatic carbocycles. The number of carbonyl (C=O) groups is 4. The van der Waals surface area contributed by atoms with Crippen molar-refractivity contribution >= 4 is 23.5 Å². The van der Waals surface area contributed by atoms with Gasteiger partial charge in [-0.1, -0.05) is 0 Å². The Morgan fingerprint density at radius 3 is 1.11 bits per heavy atom. The number of hydrogen-bond donors (Lipinski definition) is 4. The van der Waals surface area contributed by atoms with E-state index in [1.165, 1.54) is 13.8 Å². The van der Waals surface area contributed by atoms with Crippen LogP contribution < -0.4 is 11.5 Å². The molecule has 0 heterocycles. The SMILES string of the molecule is CC(C(=O)O)C(=O)CN.CC(C(=O)O)C(=O)CN. The molecule has 0 spiro atoms. The molecule has 0 amide bonds. The summed E-state index contributed by atoms with van der Waals surface area (Å²) in [6.45, 7) is 2.23. The highest BCUT2D eigenvalue weighted by Gasteiger charge is 2.18. The molecule has 2 unspecified atom stereocenters. The first-order valence-electron chi connectivity index (χ1n) is 5.10. The molecule has 0 saturated carbocycles. The average Bonchev–Trinajstić information content (AvgIpc) is 2.35. The largest absolute Gasteiger partial charge is 0.481 e. The molecule has 2 atom stereocenters. The van der Waals surface area contributed by atoms with Gasteiger partial charge in [0.15, 0.2) is 11.6 Å². The van der Waals surface area contributed by atoms with Gasteiger partial charge in [-0.25, -0.2) is 0 Å². The van der Waals surface area contributed by atoms with Gasteiger partial charge in [0.25, 0.3) is 0 Å². The standard InChI is InChI=1S/2C5H9NO3/c2*1-3(5(8)9)4(7)2-6/h2*3H,2,6H2,1H3,(H,8,9). The summed E-state index contributed by atoms with van der Waals surface area (Å²) in [6, 6.07) is 0. The lowest BCUT2D eigenvalue weighted by molar-refractivity contribution is -0.146. The average molecular weight is 262 g/mol. The first kappa shape index (κ1) is 18.6. The van der Waals surface area contributed by atoms with Crippen LogP contribution >= 0.6 is 0 Å². The molecule has 6 N–H and O–H groups in total. The van der Waals surface area contributed by atoms with E-state index in [2.05, 4.69) is 0 Å². The van der Waals surface area contributed by atoms with Crippen LogP contribution in [-0.2, 0) is 19.2 Å². The predicted molar refractivity (Wildman–Crippen MR) is 61.7 cm³/mol. The van der Waals surface area contributed by atoms with Crippen LogP contribution in [0.5, 0.6) is 0 Å². The quantitative estimate of drug-likeness (QED) is 0.419. The molecule has 0 rings (SSSR count). The molecule has 0 fully saturated rings. The molecule has 8 nitrogen and oxygen atoms in total. The number of aliphatic carboxylic acids is 2. The molecule has 18 heavy (non-hydrogen) atoms. The number of hydrogen-bond acceptors (Lipinski definition) is 6. The van der Waals surface area contributed by atoms with Gasteiger partial charge < -0.3 is 21.7 Å². The van der Waals surface area contributed by atoms with Crippen molar-refractivity contribution in [2.75, 3.05) is 13.1 Å². The maximum absolute atomic E-state index is 10.4. The van der Waals surface area contributed by atoms with Crippen molar-refractivity contribution in [1.29, 1.82) is 0 Å². The Morgan fingerprint density at radius 1 is 0.833 bits per heavy atom. The van der Waals surface area contributed by atoms with E-state index in [1.54, 1.807) is 0 Å². The highest BCUT2D eigenvalue weighted by atomic mass is 16.4. The van der Waals surface area contributed by atoms with Gasteiger partial charge in [-0.05, 0) is 13.8 Å². The van der Waals surface area contributed by atoms with Crippen LogP contribution in [0.25, 0.3) is 0 Å². The molecule has 0 aromatic rings. The van der Waals surface area contributed by atoms with Gasteiger partial charge in [0.1, 0.15) is 11.8 Å². The van der Waals surface area contributed by atoms with E-state index in [0.29, 0.717) is 0 Å². The molecule has 0 aliphatic rings. The second kappa shape index (κ2) is 9.25. The highest BCUT2D eigenvalue weighted by Crippen LogP contribution is 1.94. The fourth-order valence-corrected chi connectivity index (χ4v) is 0.629. The number of ketones is 2. The summed E-state index contributed by atoms with van der Waals surface area (Å²) in [7, 11) is 0. The van der Waals surface area contributed by atoms with Gasteiger partial charge in [0.2, 0.25) is 0 Å². The van der Waals surface area contributed by atoms with Crippen LogP contribution in [0.3, 0.4) is 0 Å². The first-order valence-corrected chi connectivity index (χ1v) is 5.10. The van der Waals surface area contributed by atoms with Crippen LogP contribution in [0.4, 0.5) is 0 Å². The Hall–Kier alpha value is -1.80. The zero-order valence-electron chi connectivity index (χ0n) is 10.3. The highest BCUT2D eigenvalue weighted by molar-refractivity contribution is 5.99. The van der Waals surface area contributed by atoms with Gasteiger partial charge in [0.05, 0.1) is 13.1 Å². The normalized spacial score (nSPS) is 12.7. The molecule has 104 valence electrons. The number of Topliss-reactive ketones (excluding diaryl/α,β-unsaturated/α-hetero) is 2. The summed E-state index contributed by atoms with van der Waals surface area (Å²) in [5, 5.41) is 16.4. The monoisotopic (exact) mass is 262 g/mol. The third-order valence-electron chi connectivity index (χ3n) is 2.11. The van der Waals surface area contributed by atoms with Crippen molar-refractivity contribution in [3.63, 3.8) is 0 Å². The number of carboxylic acid groups (broad SMARTS) is 2. The number of nitrogens with two attached hydrogens (primary N) is 2. The molecular weight excluding hydrogens is 244 g/mol. The number of rotatable bonds is 6. The lowest BCUT2D eigenvalue weighted by Gasteiger charge is -1.99. The van der Waals surface area contributed by atoms with Gasteiger partial charge in [-0.2, -0.15) is 0 Å². The first-order chi connectivity index (χ1) is 8.18. The molecular formula is C10H18N2O6. The summed E-state index contributed by atoms with van der Waals surface area (Å²) < 4.78 is 0. The molecule has 0 aromatic heterocycles. The minimum Gasteiger partial charge on any atom is -0.481 e. The van der Waals surface area contributed by atoms with Crippen molar-refractivity contribution < 1.29 is 29.4 Å². The molecule has 0 saturated heterocycles. The van der Waals surface area contributed by atoms with Crippen LogP contribution in [0.2, 0.25) is 0 Å². The molecule has 8 heteroatoms. The summed E-state index contributed by atoms with van der Waals surface area (Å²) >= 11 is 0. The summed E-state index contributed by atoms with van der Waals surface area (Å²) in [5.74, 6) is -5.05. The maximum Gasteiger partial charge on any atom is 0.313 e. The third-order valence-corrected chi connectivity index (χ3v) is 2.11. The smallest absolute Gasteiger partial charge is 0.313 e. The Labute approximate surface area is 104 Å². The fourth-order valence-electron chi connectivity index (χ4n) is 0.629. The fraction of sp³-hybridized carbons (Fsp3) is 0.600. The van der Waals surface area contributed by atoms with Crippen LogP contribution in [0.1, 0.15) is 13.8 Å². The van der Waals surface area contributed by atoms with Crippen molar-refractivity contribution in [1.82, 2.24) is 0 Å². The topological polar surface area (TPSA) is 161 Å². The van der Waals surface area contributed by atoms with Gasteiger partial charge in [0, 0.05) is 0 Å².